The molecule has 8 nitrogen and oxygen atoms in total. The third-order valence-electron chi connectivity index (χ3n) is 6.21. The van der Waals surface area contributed by atoms with Crippen molar-refractivity contribution in [3.05, 3.63) is 51.9 Å². The van der Waals surface area contributed by atoms with Crippen molar-refractivity contribution in [2.24, 2.45) is 13.0 Å². The fraction of sp³-hybridized carbons (Fsp3) is 0.480. The zero-order valence-corrected chi connectivity index (χ0v) is 21.1. The van der Waals surface area contributed by atoms with E-state index in [0.29, 0.717) is 25.0 Å². The number of methoxy groups -OCH3 is 1. The Balaban J connectivity index is 0.00000408. The summed E-state index contributed by atoms with van der Waals surface area (Å²) in [5, 5.41) is 19.1. The van der Waals surface area contributed by atoms with Gasteiger partial charge in [0.2, 0.25) is 0 Å². The number of nitrogens with zero attached hydrogens (tertiary/aromatic N) is 3. The first-order valence-electron chi connectivity index (χ1n) is 11.3. The van der Waals surface area contributed by atoms with Gasteiger partial charge in [-0.2, -0.15) is 0 Å². The van der Waals surface area contributed by atoms with Crippen molar-refractivity contribution in [1.29, 1.82) is 0 Å². The van der Waals surface area contributed by atoms with E-state index in [0.717, 1.165) is 34.4 Å². The molecule has 1 aromatic carbocycles. The number of aryl methyl sites for hydroxylation is 3. The van der Waals surface area contributed by atoms with Gasteiger partial charge in [-0.25, -0.2) is 4.98 Å². The van der Waals surface area contributed by atoms with Crippen LogP contribution in [-0.4, -0.2) is 50.1 Å². The summed E-state index contributed by atoms with van der Waals surface area (Å²) in [6.07, 6.45) is 2.59. The summed E-state index contributed by atoms with van der Waals surface area (Å²) in [7, 11) is 3.41. The number of carbonyl (C=O) groups is 1. The number of aliphatic carboxylic acids is 1. The molecule has 0 spiro atoms. The lowest BCUT2D eigenvalue weighted by atomic mass is 9.95. The molecule has 34 heavy (non-hydrogen) atoms. The zero-order valence-electron chi connectivity index (χ0n) is 20.3. The van der Waals surface area contributed by atoms with Crippen molar-refractivity contribution in [2.45, 2.75) is 52.2 Å². The van der Waals surface area contributed by atoms with Gasteiger partial charge in [-0.1, -0.05) is 13.0 Å². The van der Waals surface area contributed by atoms with Gasteiger partial charge in [-0.05, 0) is 56.9 Å². The lowest BCUT2D eigenvalue weighted by Gasteiger charge is -2.20. The van der Waals surface area contributed by atoms with Crippen LogP contribution in [0.2, 0.25) is 0 Å². The topological polar surface area (TPSA) is 107 Å². The van der Waals surface area contributed by atoms with Crippen molar-refractivity contribution in [3.63, 3.8) is 0 Å². The van der Waals surface area contributed by atoms with E-state index < -0.39 is 18.0 Å². The largest absolute Gasteiger partial charge is 0.481 e. The van der Waals surface area contributed by atoms with Crippen LogP contribution < -0.4 is 5.56 Å². The first kappa shape index (κ1) is 27.6. The average molecular weight is 492 g/mol. The van der Waals surface area contributed by atoms with Gasteiger partial charge in [0.25, 0.3) is 5.56 Å². The standard InChI is InChI=1S/C25H33N3O5.ClH/c1-6-19(14-33-5)28-22-10-8-17(7-9-20(16(3)29)25(31)32)12-21(22)26-23(28)18-11-15(2)24(30)27(4)13-18;/h8,10-13,16,19-20,29H,6-7,9,14H2,1-5H3,(H,31,32);1H/t16-,19?,20+;/m1./s1. The quantitative estimate of drug-likeness (QED) is 0.447. The number of halogens is 1. The van der Waals surface area contributed by atoms with E-state index in [4.69, 9.17) is 9.72 Å². The van der Waals surface area contributed by atoms with Crippen molar-refractivity contribution < 1.29 is 19.7 Å². The molecule has 0 saturated carbocycles. The van der Waals surface area contributed by atoms with E-state index in [1.54, 1.807) is 31.8 Å². The second-order valence-electron chi connectivity index (χ2n) is 8.70. The summed E-state index contributed by atoms with van der Waals surface area (Å²) in [5.41, 5.74) is 4.16. The number of aliphatic hydroxyl groups is 1. The number of carboxylic acids is 1. The van der Waals surface area contributed by atoms with Gasteiger partial charge < -0.3 is 24.1 Å². The van der Waals surface area contributed by atoms with Crippen LogP contribution in [0.25, 0.3) is 22.4 Å². The summed E-state index contributed by atoms with van der Waals surface area (Å²) in [4.78, 5) is 28.6. The second kappa shape index (κ2) is 11.6. The van der Waals surface area contributed by atoms with E-state index in [1.807, 2.05) is 24.3 Å². The third-order valence-corrected chi connectivity index (χ3v) is 6.21. The number of fused-ring (bicyclic) bond motifs is 1. The highest BCUT2D eigenvalue weighted by Gasteiger charge is 2.24. The summed E-state index contributed by atoms with van der Waals surface area (Å²) in [6.45, 7) is 5.92. The Labute approximate surface area is 205 Å². The molecule has 1 unspecified atom stereocenters. The van der Waals surface area contributed by atoms with E-state index in [1.165, 1.54) is 6.92 Å². The van der Waals surface area contributed by atoms with Crippen LogP contribution in [0.15, 0.2) is 35.3 Å². The molecule has 186 valence electrons. The maximum atomic E-state index is 12.2. The van der Waals surface area contributed by atoms with Crippen LogP contribution in [0.5, 0.6) is 0 Å². The third kappa shape index (κ3) is 5.68. The van der Waals surface area contributed by atoms with Gasteiger partial charge in [0.05, 0.1) is 35.7 Å². The number of aliphatic hydroxyl groups excluding tert-OH is 1. The van der Waals surface area contributed by atoms with Crippen molar-refractivity contribution in [1.82, 2.24) is 14.1 Å². The molecule has 3 rings (SSSR count). The smallest absolute Gasteiger partial charge is 0.309 e. The Bertz CT molecular complexity index is 1170. The Morgan fingerprint density at radius 2 is 1.97 bits per heavy atom. The number of benzene rings is 1. The molecule has 0 bridgehead atoms. The summed E-state index contributed by atoms with van der Waals surface area (Å²) in [6, 6.07) is 7.89. The highest BCUT2D eigenvalue weighted by atomic mass is 35.5. The molecule has 0 aliphatic carbocycles. The SMILES string of the molecule is CCC(COC)n1c(-c2cc(C)c(=O)n(C)c2)nc2cc(CC[C@H](C(=O)O)[C@@H](C)O)ccc21.Cl. The summed E-state index contributed by atoms with van der Waals surface area (Å²) in [5.74, 6) is -1.04. The molecule has 2 N–H and O–H groups in total. The Morgan fingerprint density at radius 1 is 1.26 bits per heavy atom. The number of hydrogen-bond acceptors (Lipinski definition) is 5. The first-order chi connectivity index (χ1) is 15.7. The molecule has 0 fully saturated rings. The molecular formula is C25H34ClN3O5. The Morgan fingerprint density at radius 3 is 2.53 bits per heavy atom. The van der Waals surface area contributed by atoms with Crippen LogP contribution in [0.4, 0.5) is 0 Å². The van der Waals surface area contributed by atoms with Crippen LogP contribution in [0, 0.1) is 12.8 Å². The van der Waals surface area contributed by atoms with Gasteiger partial charge in [0.1, 0.15) is 5.82 Å². The first-order valence-corrected chi connectivity index (χ1v) is 11.3. The molecule has 0 radical (unpaired) electrons. The van der Waals surface area contributed by atoms with Crippen molar-refractivity contribution >= 4 is 29.4 Å². The van der Waals surface area contributed by atoms with Gasteiger partial charge in [0, 0.05) is 31.5 Å². The zero-order chi connectivity index (χ0) is 24.3. The summed E-state index contributed by atoms with van der Waals surface area (Å²) >= 11 is 0. The van der Waals surface area contributed by atoms with E-state index in [9.17, 15) is 19.8 Å². The number of pyridine rings is 1. The fourth-order valence-electron chi connectivity index (χ4n) is 4.33. The minimum atomic E-state index is -0.993. The van der Waals surface area contributed by atoms with Crippen molar-refractivity contribution in [3.8, 4) is 11.4 Å². The van der Waals surface area contributed by atoms with Gasteiger partial charge in [-0.3, -0.25) is 9.59 Å². The number of aromatic nitrogens is 3. The molecule has 0 saturated heterocycles. The molecule has 2 aromatic heterocycles. The summed E-state index contributed by atoms with van der Waals surface area (Å²) < 4.78 is 9.21. The molecular weight excluding hydrogens is 458 g/mol. The monoisotopic (exact) mass is 491 g/mol. The molecule has 0 amide bonds. The minimum absolute atomic E-state index is 0. The molecule has 0 aliphatic rings. The Hall–Kier alpha value is -2.68. The number of ether oxygens (including phenoxy) is 1. The van der Waals surface area contributed by atoms with E-state index >= 15 is 0 Å². The van der Waals surface area contributed by atoms with Crippen molar-refractivity contribution in [2.75, 3.05) is 13.7 Å². The number of carboxylic acid groups (broad SMARTS) is 1. The molecule has 3 atom stereocenters. The van der Waals surface area contributed by atoms with Crippen LogP contribution in [-0.2, 0) is 23.0 Å². The predicted molar refractivity (Wildman–Crippen MR) is 135 cm³/mol. The maximum Gasteiger partial charge on any atom is 0.309 e. The number of hydrogen-bond donors (Lipinski definition) is 2. The van der Waals surface area contributed by atoms with E-state index in [-0.39, 0.29) is 24.0 Å². The second-order valence-corrected chi connectivity index (χ2v) is 8.70. The molecule has 9 heteroatoms. The lowest BCUT2D eigenvalue weighted by Crippen LogP contribution is -2.26. The van der Waals surface area contributed by atoms with Gasteiger partial charge in [-0.15, -0.1) is 12.4 Å². The highest BCUT2D eigenvalue weighted by Crippen LogP contribution is 2.31. The van der Waals surface area contributed by atoms with E-state index in [2.05, 4.69) is 11.5 Å². The molecule has 3 aromatic rings. The van der Waals surface area contributed by atoms with Crippen LogP contribution in [0.3, 0.4) is 0 Å². The minimum Gasteiger partial charge on any atom is -0.481 e. The average Bonchev–Trinajstić information content (AvgIpc) is 3.13. The fourth-order valence-corrected chi connectivity index (χ4v) is 4.33. The Kier molecular flexibility index (Phi) is 9.44. The van der Waals surface area contributed by atoms with Gasteiger partial charge in [0.15, 0.2) is 0 Å². The normalized spacial score (nSPS) is 13.9. The molecule has 2 heterocycles. The number of imidazole rings is 1. The highest BCUT2D eigenvalue weighted by molar-refractivity contribution is 5.85. The maximum absolute atomic E-state index is 12.2. The predicted octanol–water partition coefficient (Wildman–Crippen LogP) is 3.74. The van der Waals surface area contributed by atoms with Crippen LogP contribution in [0.1, 0.15) is 43.9 Å². The lowest BCUT2D eigenvalue weighted by molar-refractivity contribution is -0.145. The molecule has 0 aliphatic heterocycles. The van der Waals surface area contributed by atoms with Crippen LogP contribution >= 0.6 is 12.4 Å². The van der Waals surface area contributed by atoms with Gasteiger partial charge >= 0.3 is 5.97 Å². The number of rotatable bonds is 10.